The molecule has 1 aliphatic rings. The second kappa shape index (κ2) is 7.66. The zero-order valence-corrected chi connectivity index (χ0v) is 10.5. The summed E-state index contributed by atoms with van der Waals surface area (Å²) in [6.45, 7) is 5.58. The van der Waals surface area contributed by atoms with Gasteiger partial charge in [0.2, 0.25) is 0 Å². The van der Waals surface area contributed by atoms with Gasteiger partial charge in [0.15, 0.2) is 0 Å². The molecule has 0 bridgehead atoms. The lowest BCUT2D eigenvalue weighted by Gasteiger charge is -2.17. The second-order valence-corrected chi connectivity index (χ2v) is 4.55. The summed E-state index contributed by atoms with van der Waals surface area (Å²) in [6, 6.07) is 0. The summed E-state index contributed by atoms with van der Waals surface area (Å²) in [5.74, 6) is 0.0938. The van der Waals surface area contributed by atoms with Gasteiger partial charge in [-0.05, 0) is 12.8 Å². The number of carbonyl (C=O) groups is 1. The molecule has 0 radical (unpaired) electrons. The molecule has 16 heavy (non-hydrogen) atoms. The predicted molar refractivity (Wildman–Crippen MR) is 63.2 cm³/mol. The quantitative estimate of drug-likeness (QED) is 0.628. The Bertz CT molecular complexity index is 197. The molecule has 0 aromatic carbocycles. The van der Waals surface area contributed by atoms with Gasteiger partial charge in [-0.25, -0.2) is 0 Å². The number of rotatable bonds is 7. The van der Waals surface area contributed by atoms with Crippen molar-refractivity contribution in [3.05, 3.63) is 0 Å². The van der Waals surface area contributed by atoms with Crippen LogP contribution >= 0.6 is 0 Å². The molecular formula is C13H24O3. The summed E-state index contributed by atoms with van der Waals surface area (Å²) < 4.78 is 10.7. The maximum absolute atomic E-state index is 11.9. The van der Waals surface area contributed by atoms with E-state index in [0.717, 1.165) is 45.1 Å². The van der Waals surface area contributed by atoms with Crippen LogP contribution < -0.4 is 0 Å². The molecule has 0 amide bonds. The fourth-order valence-electron chi connectivity index (χ4n) is 2.05. The largest absolute Gasteiger partial charge is 0.460 e. The van der Waals surface area contributed by atoms with Crippen LogP contribution in [-0.4, -0.2) is 25.3 Å². The summed E-state index contributed by atoms with van der Waals surface area (Å²) >= 11 is 0. The third-order valence-electron chi connectivity index (χ3n) is 3.05. The second-order valence-electron chi connectivity index (χ2n) is 4.55. The topological polar surface area (TPSA) is 35.5 Å². The Kier molecular flexibility index (Phi) is 6.46. The molecule has 0 spiro atoms. The summed E-state index contributed by atoms with van der Waals surface area (Å²) in [5, 5.41) is 0. The van der Waals surface area contributed by atoms with Crippen LogP contribution in [0.4, 0.5) is 0 Å². The third-order valence-corrected chi connectivity index (χ3v) is 3.05. The van der Waals surface area contributed by atoms with Crippen LogP contribution in [0.1, 0.15) is 52.4 Å². The first-order chi connectivity index (χ1) is 7.77. The molecule has 1 heterocycles. The van der Waals surface area contributed by atoms with E-state index in [4.69, 9.17) is 9.47 Å². The van der Waals surface area contributed by atoms with E-state index in [1.165, 1.54) is 0 Å². The molecule has 0 saturated carbocycles. The van der Waals surface area contributed by atoms with Gasteiger partial charge in [0.25, 0.3) is 0 Å². The minimum Gasteiger partial charge on any atom is -0.460 e. The maximum atomic E-state index is 11.9. The normalized spacial score (nSPS) is 22.0. The van der Waals surface area contributed by atoms with Crippen molar-refractivity contribution < 1.29 is 14.3 Å². The van der Waals surface area contributed by atoms with Crippen molar-refractivity contribution in [3.63, 3.8) is 0 Å². The summed E-state index contributed by atoms with van der Waals surface area (Å²) in [4.78, 5) is 11.9. The van der Waals surface area contributed by atoms with E-state index >= 15 is 0 Å². The lowest BCUT2D eigenvalue weighted by Crippen LogP contribution is -2.24. The Labute approximate surface area is 98.5 Å². The van der Waals surface area contributed by atoms with E-state index in [9.17, 15) is 4.79 Å². The van der Waals surface area contributed by atoms with E-state index in [1.54, 1.807) is 0 Å². The van der Waals surface area contributed by atoms with E-state index in [-0.39, 0.29) is 18.0 Å². The summed E-state index contributed by atoms with van der Waals surface area (Å²) in [5.41, 5.74) is 0. The molecule has 1 aliphatic heterocycles. The van der Waals surface area contributed by atoms with Crippen LogP contribution in [-0.2, 0) is 14.3 Å². The van der Waals surface area contributed by atoms with E-state index in [0.29, 0.717) is 6.61 Å². The van der Waals surface area contributed by atoms with Gasteiger partial charge in [-0.3, -0.25) is 4.79 Å². The van der Waals surface area contributed by atoms with E-state index < -0.39 is 0 Å². The van der Waals surface area contributed by atoms with Crippen molar-refractivity contribution in [1.29, 1.82) is 0 Å². The fourth-order valence-corrected chi connectivity index (χ4v) is 2.05. The van der Waals surface area contributed by atoms with Crippen LogP contribution in [0, 0.1) is 5.92 Å². The molecule has 1 rings (SSSR count). The molecule has 1 unspecified atom stereocenters. The van der Waals surface area contributed by atoms with Crippen LogP contribution in [0.5, 0.6) is 0 Å². The van der Waals surface area contributed by atoms with Crippen molar-refractivity contribution in [1.82, 2.24) is 0 Å². The van der Waals surface area contributed by atoms with Gasteiger partial charge in [0, 0.05) is 6.42 Å². The van der Waals surface area contributed by atoms with Gasteiger partial charge >= 0.3 is 5.97 Å². The van der Waals surface area contributed by atoms with Crippen molar-refractivity contribution in [2.24, 2.45) is 5.92 Å². The molecule has 1 saturated heterocycles. The number of unbranched alkanes of at least 4 members (excludes halogenated alkanes) is 1. The maximum Gasteiger partial charge on any atom is 0.309 e. The van der Waals surface area contributed by atoms with Crippen LogP contribution in [0.25, 0.3) is 0 Å². The highest BCUT2D eigenvalue weighted by Crippen LogP contribution is 2.19. The smallest absolute Gasteiger partial charge is 0.309 e. The summed E-state index contributed by atoms with van der Waals surface area (Å²) in [7, 11) is 0. The molecule has 3 heteroatoms. The minimum atomic E-state index is -0.00852. The number of hydrogen-bond acceptors (Lipinski definition) is 3. The fraction of sp³-hybridized carbons (Fsp3) is 0.923. The molecule has 0 aromatic heterocycles. The molecule has 0 aliphatic carbocycles. The minimum absolute atomic E-state index is 0.00785. The van der Waals surface area contributed by atoms with Crippen molar-refractivity contribution in [2.45, 2.75) is 58.5 Å². The van der Waals surface area contributed by atoms with E-state index in [2.05, 4.69) is 13.8 Å². The van der Waals surface area contributed by atoms with Gasteiger partial charge in [-0.15, -0.1) is 0 Å². The number of ether oxygens (including phenoxy) is 2. The summed E-state index contributed by atoms with van der Waals surface area (Å²) in [6.07, 6.45) is 6.08. The Morgan fingerprint density at radius 1 is 1.38 bits per heavy atom. The van der Waals surface area contributed by atoms with Gasteiger partial charge in [0.05, 0.1) is 19.1 Å². The Morgan fingerprint density at radius 2 is 2.19 bits per heavy atom. The highest BCUT2D eigenvalue weighted by molar-refractivity contribution is 5.72. The van der Waals surface area contributed by atoms with Gasteiger partial charge < -0.3 is 9.47 Å². The zero-order valence-electron chi connectivity index (χ0n) is 10.5. The molecule has 0 aromatic rings. The standard InChI is InChI=1S/C13H24O3/c1-3-5-7-11(6-4-2)13(14)16-12-8-9-15-10-12/h11-12H,3-10H2,1-2H3/t11?,12-/m1/s1. The molecule has 1 fully saturated rings. The van der Waals surface area contributed by atoms with Gasteiger partial charge in [-0.2, -0.15) is 0 Å². The SMILES string of the molecule is CCCCC(CCC)C(=O)O[C@@H]1CCOC1. The first-order valence-electron chi connectivity index (χ1n) is 6.56. The first kappa shape index (κ1) is 13.5. The molecule has 94 valence electrons. The average molecular weight is 228 g/mol. The Balaban J connectivity index is 2.32. The van der Waals surface area contributed by atoms with Gasteiger partial charge in [0.1, 0.15) is 6.10 Å². The van der Waals surface area contributed by atoms with Crippen molar-refractivity contribution in [3.8, 4) is 0 Å². The van der Waals surface area contributed by atoms with Crippen LogP contribution in [0.2, 0.25) is 0 Å². The predicted octanol–water partition coefficient (Wildman–Crippen LogP) is 2.93. The average Bonchev–Trinajstić information content (AvgIpc) is 2.76. The monoisotopic (exact) mass is 228 g/mol. The van der Waals surface area contributed by atoms with E-state index in [1.807, 2.05) is 0 Å². The Hall–Kier alpha value is -0.570. The van der Waals surface area contributed by atoms with Crippen LogP contribution in [0.3, 0.4) is 0 Å². The van der Waals surface area contributed by atoms with Crippen molar-refractivity contribution in [2.75, 3.05) is 13.2 Å². The lowest BCUT2D eigenvalue weighted by molar-refractivity contribution is -0.154. The molecule has 3 nitrogen and oxygen atoms in total. The highest BCUT2D eigenvalue weighted by atomic mass is 16.6. The molecular weight excluding hydrogens is 204 g/mol. The Morgan fingerprint density at radius 3 is 2.75 bits per heavy atom. The zero-order chi connectivity index (χ0) is 11.8. The van der Waals surface area contributed by atoms with Crippen molar-refractivity contribution >= 4 is 5.97 Å². The lowest BCUT2D eigenvalue weighted by atomic mass is 9.97. The highest BCUT2D eigenvalue weighted by Gasteiger charge is 2.24. The third kappa shape index (κ3) is 4.52. The number of carbonyl (C=O) groups excluding carboxylic acids is 1. The molecule has 2 atom stereocenters. The number of esters is 1. The van der Waals surface area contributed by atoms with Gasteiger partial charge in [-0.1, -0.05) is 33.1 Å². The number of hydrogen-bond donors (Lipinski definition) is 0. The van der Waals surface area contributed by atoms with Crippen LogP contribution in [0.15, 0.2) is 0 Å². The molecule has 0 N–H and O–H groups in total. The first-order valence-corrected chi connectivity index (χ1v) is 6.56.